The largest absolute Gasteiger partial charge is 0.493 e. The quantitative estimate of drug-likeness (QED) is 0.735. The molecule has 0 saturated heterocycles. The van der Waals surface area contributed by atoms with E-state index in [1.54, 1.807) is 6.07 Å². The fourth-order valence-corrected chi connectivity index (χ4v) is 3.34. The van der Waals surface area contributed by atoms with Crippen LogP contribution in [0.25, 0.3) is 22.2 Å². The number of benzene rings is 2. The molecule has 1 aliphatic rings. The molecule has 4 nitrogen and oxygen atoms in total. The van der Waals surface area contributed by atoms with Crippen molar-refractivity contribution in [3.05, 3.63) is 52.0 Å². The minimum Gasteiger partial charge on any atom is -0.493 e. The summed E-state index contributed by atoms with van der Waals surface area (Å²) >= 11 is 3.52. The van der Waals surface area contributed by atoms with Crippen LogP contribution in [0.5, 0.6) is 5.75 Å². The van der Waals surface area contributed by atoms with Crippen LogP contribution in [-0.2, 0) is 6.42 Å². The molecule has 0 bridgehead atoms. The van der Waals surface area contributed by atoms with E-state index in [1.807, 2.05) is 24.3 Å². The summed E-state index contributed by atoms with van der Waals surface area (Å²) in [6, 6.07) is 11.7. The number of aromatic nitrogens is 1. The molecule has 0 atom stereocenters. The first-order chi connectivity index (χ1) is 10.6. The normalized spacial score (nSPS) is 13.1. The van der Waals surface area contributed by atoms with E-state index in [0.717, 1.165) is 45.4 Å². The van der Waals surface area contributed by atoms with Gasteiger partial charge in [0, 0.05) is 22.0 Å². The summed E-state index contributed by atoms with van der Waals surface area (Å²) in [6.07, 6.45) is 0.930. The number of carbonyl (C=O) groups excluding carboxylic acids is 1. The van der Waals surface area contributed by atoms with Gasteiger partial charge >= 0.3 is 0 Å². The van der Waals surface area contributed by atoms with E-state index in [0.29, 0.717) is 5.56 Å². The van der Waals surface area contributed by atoms with Crippen LogP contribution in [0.3, 0.4) is 0 Å². The van der Waals surface area contributed by atoms with E-state index in [-0.39, 0.29) is 0 Å². The first-order valence-electron chi connectivity index (χ1n) is 7.00. The number of aromatic amines is 1. The molecule has 1 aromatic heterocycles. The van der Waals surface area contributed by atoms with Crippen LogP contribution in [0.2, 0.25) is 0 Å². The van der Waals surface area contributed by atoms with Crippen molar-refractivity contribution >= 4 is 32.7 Å². The average molecular weight is 357 g/mol. The summed E-state index contributed by atoms with van der Waals surface area (Å²) in [6.45, 7) is 0.739. The lowest BCUT2D eigenvalue weighted by molar-refractivity contribution is 0.100. The van der Waals surface area contributed by atoms with Crippen molar-refractivity contribution in [3.8, 4) is 17.0 Å². The summed E-state index contributed by atoms with van der Waals surface area (Å²) < 4.78 is 6.47. The molecule has 0 saturated carbocycles. The number of ether oxygens (including phenoxy) is 1. The molecule has 0 radical (unpaired) electrons. The number of halogens is 1. The van der Waals surface area contributed by atoms with E-state index < -0.39 is 5.91 Å². The predicted molar refractivity (Wildman–Crippen MR) is 89.2 cm³/mol. The van der Waals surface area contributed by atoms with Gasteiger partial charge in [-0.15, -0.1) is 0 Å². The Kier molecular flexibility index (Phi) is 2.97. The predicted octanol–water partition coefficient (Wildman–Crippen LogP) is 3.63. The van der Waals surface area contributed by atoms with Crippen LogP contribution in [0.1, 0.15) is 15.9 Å². The van der Waals surface area contributed by atoms with Crippen LogP contribution >= 0.6 is 15.9 Å². The van der Waals surface area contributed by atoms with E-state index in [1.165, 1.54) is 5.56 Å². The zero-order valence-corrected chi connectivity index (χ0v) is 13.2. The Morgan fingerprint density at radius 3 is 2.91 bits per heavy atom. The van der Waals surface area contributed by atoms with Crippen molar-refractivity contribution < 1.29 is 9.53 Å². The number of rotatable bonds is 2. The Bertz CT molecular complexity index is 914. The molecule has 1 aliphatic heterocycles. The van der Waals surface area contributed by atoms with Gasteiger partial charge in [0.15, 0.2) is 0 Å². The molecular formula is C17H13BrN2O2. The molecule has 0 fully saturated rings. The number of hydrogen-bond donors (Lipinski definition) is 2. The van der Waals surface area contributed by atoms with Gasteiger partial charge < -0.3 is 15.5 Å². The van der Waals surface area contributed by atoms with Gasteiger partial charge in [-0.2, -0.15) is 0 Å². The van der Waals surface area contributed by atoms with Crippen LogP contribution in [0.4, 0.5) is 0 Å². The zero-order valence-electron chi connectivity index (χ0n) is 11.7. The fourth-order valence-electron chi connectivity index (χ4n) is 2.90. The Hall–Kier alpha value is -2.27. The molecule has 2 aromatic carbocycles. The molecule has 2 heterocycles. The maximum atomic E-state index is 11.6. The third kappa shape index (κ3) is 2.01. The molecule has 3 N–H and O–H groups in total. The molecule has 4 rings (SSSR count). The van der Waals surface area contributed by atoms with Gasteiger partial charge in [0.05, 0.1) is 17.7 Å². The van der Waals surface area contributed by atoms with E-state index in [9.17, 15) is 4.79 Å². The van der Waals surface area contributed by atoms with E-state index >= 15 is 0 Å². The number of carbonyl (C=O) groups is 1. The third-order valence-electron chi connectivity index (χ3n) is 4.01. The molecular weight excluding hydrogens is 344 g/mol. The standard InChI is InChI=1S/C17H13BrN2O2/c18-13-3-2-11(17(19)21)16-12(13)8-14(20-16)9-1-4-15-10(7-9)5-6-22-15/h1-4,7-8,20H,5-6H2,(H2,19,21). The lowest BCUT2D eigenvalue weighted by Crippen LogP contribution is -2.11. The Balaban J connectivity index is 1.91. The van der Waals surface area contributed by atoms with Crippen molar-refractivity contribution in [2.24, 2.45) is 5.73 Å². The monoisotopic (exact) mass is 356 g/mol. The lowest BCUT2D eigenvalue weighted by atomic mass is 10.1. The zero-order chi connectivity index (χ0) is 15.3. The average Bonchev–Trinajstić information content (AvgIpc) is 3.13. The SMILES string of the molecule is NC(=O)c1ccc(Br)c2cc(-c3ccc4c(c3)CCO4)[nH]c12. The van der Waals surface area contributed by atoms with Gasteiger partial charge in [0.1, 0.15) is 5.75 Å². The van der Waals surface area contributed by atoms with Crippen LogP contribution in [0, 0.1) is 0 Å². The Morgan fingerprint density at radius 1 is 1.23 bits per heavy atom. The first-order valence-corrected chi connectivity index (χ1v) is 7.80. The number of H-pyrrole nitrogens is 1. The molecule has 0 spiro atoms. The molecule has 3 aromatic rings. The van der Waals surface area contributed by atoms with Gasteiger partial charge in [0.2, 0.25) is 0 Å². The second-order valence-electron chi connectivity index (χ2n) is 5.35. The summed E-state index contributed by atoms with van der Waals surface area (Å²) in [5, 5.41) is 0.947. The fraction of sp³-hybridized carbons (Fsp3) is 0.118. The summed E-state index contributed by atoms with van der Waals surface area (Å²) in [5.74, 6) is 0.520. The summed E-state index contributed by atoms with van der Waals surface area (Å²) in [7, 11) is 0. The van der Waals surface area contributed by atoms with Crippen LogP contribution < -0.4 is 10.5 Å². The van der Waals surface area contributed by atoms with Crippen molar-refractivity contribution in [2.45, 2.75) is 6.42 Å². The molecule has 110 valence electrons. The van der Waals surface area contributed by atoms with Crippen molar-refractivity contribution in [1.29, 1.82) is 0 Å². The minimum atomic E-state index is -0.437. The summed E-state index contributed by atoms with van der Waals surface area (Å²) in [5.41, 5.74) is 9.96. The lowest BCUT2D eigenvalue weighted by Gasteiger charge is -2.02. The molecule has 1 amide bonds. The molecule has 5 heteroatoms. The van der Waals surface area contributed by atoms with Gasteiger partial charge in [-0.1, -0.05) is 15.9 Å². The number of nitrogens with one attached hydrogen (secondary N) is 1. The smallest absolute Gasteiger partial charge is 0.250 e. The number of nitrogens with two attached hydrogens (primary N) is 1. The molecule has 0 aliphatic carbocycles. The number of fused-ring (bicyclic) bond motifs is 2. The highest BCUT2D eigenvalue weighted by Gasteiger charge is 2.16. The molecule has 0 unspecified atom stereocenters. The number of amides is 1. The highest BCUT2D eigenvalue weighted by molar-refractivity contribution is 9.10. The van der Waals surface area contributed by atoms with Crippen LogP contribution in [0.15, 0.2) is 40.9 Å². The van der Waals surface area contributed by atoms with Gasteiger partial charge in [-0.3, -0.25) is 4.79 Å². The maximum Gasteiger partial charge on any atom is 0.250 e. The van der Waals surface area contributed by atoms with Crippen molar-refractivity contribution in [2.75, 3.05) is 6.61 Å². The van der Waals surface area contributed by atoms with Crippen molar-refractivity contribution in [3.63, 3.8) is 0 Å². The van der Waals surface area contributed by atoms with Crippen LogP contribution in [-0.4, -0.2) is 17.5 Å². The topological polar surface area (TPSA) is 68.1 Å². The van der Waals surface area contributed by atoms with Crippen molar-refractivity contribution in [1.82, 2.24) is 4.98 Å². The highest BCUT2D eigenvalue weighted by Crippen LogP contribution is 2.34. The summed E-state index contributed by atoms with van der Waals surface area (Å²) in [4.78, 5) is 14.9. The maximum absolute atomic E-state index is 11.6. The second-order valence-corrected chi connectivity index (χ2v) is 6.21. The number of primary amides is 1. The third-order valence-corrected chi connectivity index (χ3v) is 4.70. The Morgan fingerprint density at radius 2 is 2.09 bits per heavy atom. The van der Waals surface area contributed by atoms with E-state index in [2.05, 4.69) is 27.0 Å². The van der Waals surface area contributed by atoms with Gasteiger partial charge in [-0.25, -0.2) is 0 Å². The molecule has 22 heavy (non-hydrogen) atoms. The second kappa shape index (κ2) is 4.88. The van der Waals surface area contributed by atoms with E-state index in [4.69, 9.17) is 10.5 Å². The Labute approximate surface area is 135 Å². The highest BCUT2D eigenvalue weighted by atomic mass is 79.9. The van der Waals surface area contributed by atoms with Gasteiger partial charge in [0.25, 0.3) is 5.91 Å². The van der Waals surface area contributed by atoms with Gasteiger partial charge in [-0.05, 0) is 47.5 Å². The number of hydrogen-bond acceptors (Lipinski definition) is 2. The minimum absolute atomic E-state index is 0.437. The first kappa shape index (κ1) is 13.4.